The van der Waals surface area contributed by atoms with Gasteiger partial charge in [0.25, 0.3) is 0 Å². The van der Waals surface area contributed by atoms with Gasteiger partial charge >= 0.3 is 0 Å². The Labute approximate surface area is 132 Å². The minimum absolute atomic E-state index is 0.405. The summed E-state index contributed by atoms with van der Waals surface area (Å²) in [6, 6.07) is 10.2. The largest absolute Gasteiger partial charge is 0.495 e. The summed E-state index contributed by atoms with van der Waals surface area (Å²) in [6.45, 7) is 0.485. The maximum absolute atomic E-state index is 11.2. The molecule has 1 amide bonds. The highest BCUT2D eigenvalue weighted by Crippen LogP contribution is 2.27. The van der Waals surface area contributed by atoms with Crippen LogP contribution in [0.15, 0.2) is 36.4 Å². The summed E-state index contributed by atoms with van der Waals surface area (Å²) >= 11 is 11.9. The molecule has 0 saturated carbocycles. The van der Waals surface area contributed by atoms with E-state index in [2.05, 4.69) is 5.32 Å². The number of rotatable bonds is 5. The van der Waals surface area contributed by atoms with Crippen LogP contribution in [-0.2, 0) is 6.54 Å². The molecule has 0 aromatic heterocycles. The SMILES string of the molecule is COc1ccc(C(N)=O)cc1NCc1cc(Cl)cc(Cl)c1. The average Bonchev–Trinajstić information content (AvgIpc) is 2.43. The number of amides is 1. The van der Waals surface area contributed by atoms with Crippen molar-refractivity contribution >= 4 is 34.8 Å². The van der Waals surface area contributed by atoms with Crippen LogP contribution in [-0.4, -0.2) is 13.0 Å². The smallest absolute Gasteiger partial charge is 0.248 e. The topological polar surface area (TPSA) is 64.3 Å². The van der Waals surface area contributed by atoms with Gasteiger partial charge in [-0.25, -0.2) is 0 Å². The Balaban J connectivity index is 2.21. The molecule has 0 aliphatic rings. The summed E-state index contributed by atoms with van der Waals surface area (Å²) in [5, 5.41) is 4.31. The molecule has 6 heteroatoms. The van der Waals surface area contributed by atoms with E-state index in [4.69, 9.17) is 33.7 Å². The summed E-state index contributed by atoms with van der Waals surface area (Å²) in [5.74, 6) is 0.125. The van der Waals surface area contributed by atoms with E-state index in [0.717, 1.165) is 5.56 Å². The van der Waals surface area contributed by atoms with Gasteiger partial charge in [-0.2, -0.15) is 0 Å². The van der Waals surface area contributed by atoms with E-state index in [-0.39, 0.29) is 0 Å². The highest BCUT2D eigenvalue weighted by Gasteiger charge is 2.08. The fourth-order valence-electron chi connectivity index (χ4n) is 1.91. The molecule has 4 nitrogen and oxygen atoms in total. The van der Waals surface area contributed by atoms with Crippen LogP contribution in [0.2, 0.25) is 10.0 Å². The Kier molecular flexibility index (Phi) is 4.94. The molecule has 2 rings (SSSR count). The Morgan fingerprint density at radius 3 is 2.43 bits per heavy atom. The van der Waals surface area contributed by atoms with E-state index in [9.17, 15) is 4.79 Å². The first-order valence-corrected chi connectivity index (χ1v) is 6.92. The number of anilines is 1. The first-order valence-electron chi connectivity index (χ1n) is 6.16. The van der Waals surface area contributed by atoms with Gasteiger partial charge in [0.2, 0.25) is 5.91 Å². The van der Waals surface area contributed by atoms with Crippen LogP contribution in [0.25, 0.3) is 0 Å². The number of nitrogens with one attached hydrogen (secondary N) is 1. The maximum Gasteiger partial charge on any atom is 0.248 e. The second-order valence-corrected chi connectivity index (χ2v) is 5.28. The first-order chi connectivity index (χ1) is 9.99. The Morgan fingerprint density at radius 2 is 1.86 bits per heavy atom. The lowest BCUT2D eigenvalue weighted by Gasteiger charge is -2.12. The van der Waals surface area contributed by atoms with Gasteiger partial charge in [0.1, 0.15) is 5.75 Å². The Morgan fingerprint density at radius 1 is 1.19 bits per heavy atom. The minimum Gasteiger partial charge on any atom is -0.495 e. The third-order valence-corrected chi connectivity index (χ3v) is 3.33. The standard InChI is InChI=1S/C15H14Cl2N2O2/c1-21-14-3-2-10(15(18)20)6-13(14)19-8-9-4-11(16)7-12(17)5-9/h2-7,19H,8H2,1H3,(H2,18,20). The van der Waals surface area contributed by atoms with Gasteiger partial charge in [0.05, 0.1) is 12.8 Å². The molecule has 21 heavy (non-hydrogen) atoms. The molecule has 0 aliphatic heterocycles. The van der Waals surface area contributed by atoms with Crippen molar-refractivity contribution in [1.82, 2.24) is 0 Å². The zero-order valence-corrected chi connectivity index (χ0v) is 12.8. The summed E-state index contributed by atoms with van der Waals surface area (Å²) in [7, 11) is 1.56. The molecule has 0 radical (unpaired) electrons. The van der Waals surface area contributed by atoms with E-state index in [0.29, 0.717) is 33.6 Å². The van der Waals surface area contributed by atoms with E-state index in [1.165, 1.54) is 0 Å². The maximum atomic E-state index is 11.2. The molecule has 2 aromatic carbocycles. The molecule has 0 aliphatic carbocycles. The quantitative estimate of drug-likeness (QED) is 0.881. The number of nitrogens with two attached hydrogens (primary N) is 1. The normalized spacial score (nSPS) is 10.2. The fourth-order valence-corrected chi connectivity index (χ4v) is 2.48. The molecule has 0 atom stereocenters. The number of hydrogen-bond donors (Lipinski definition) is 2. The third kappa shape index (κ3) is 4.03. The fraction of sp³-hybridized carbons (Fsp3) is 0.133. The molecule has 0 fully saturated rings. The highest BCUT2D eigenvalue weighted by molar-refractivity contribution is 6.34. The van der Waals surface area contributed by atoms with Crippen molar-refractivity contribution in [3.8, 4) is 5.75 Å². The van der Waals surface area contributed by atoms with Crippen molar-refractivity contribution in [3.05, 3.63) is 57.6 Å². The first kappa shape index (κ1) is 15.5. The van der Waals surface area contributed by atoms with Crippen molar-refractivity contribution in [2.24, 2.45) is 5.73 Å². The molecular formula is C15H14Cl2N2O2. The van der Waals surface area contributed by atoms with Crippen LogP contribution in [0.1, 0.15) is 15.9 Å². The van der Waals surface area contributed by atoms with Crippen LogP contribution in [0, 0.1) is 0 Å². The molecule has 3 N–H and O–H groups in total. The third-order valence-electron chi connectivity index (χ3n) is 2.89. The van der Waals surface area contributed by atoms with Gasteiger partial charge in [0, 0.05) is 22.2 Å². The van der Waals surface area contributed by atoms with E-state index in [1.807, 2.05) is 12.1 Å². The molecule has 0 bridgehead atoms. The van der Waals surface area contributed by atoms with Gasteiger partial charge in [-0.3, -0.25) is 4.79 Å². The summed E-state index contributed by atoms with van der Waals surface area (Å²) in [6.07, 6.45) is 0. The highest BCUT2D eigenvalue weighted by atomic mass is 35.5. The summed E-state index contributed by atoms with van der Waals surface area (Å²) in [5.41, 5.74) is 7.27. The molecule has 0 unspecified atom stereocenters. The Bertz CT molecular complexity index is 654. The Hall–Kier alpha value is -1.91. The van der Waals surface area contributed by atoms with Gasteiger partial charge < -0.3 is 15.8 Å². The van der Waals surface area contributed by atoms with Gasteiger partial charge in [-0.15, -0.1) is 0 Å². The minimum atomic E-state index is -0.494. The van der Waals surface area contributed by atoms with Crippen LogP contribution in [0.4, 0.5) is 5.69 Å². The lowest BCUT2D eigenvalue weighted by atomic mass is 10.1. The van der Waals surface area contributed by atoms with Crippen LogP contribution >= 0.6 is 23.2 Å². The van der Waals surface area contributed by atoms with Crippen LogP contribution in [0.5, 0.6) is 5.75 Å². The summed E-state index contributed by atoms with van der Waals surface area (Å²) in [4.78, 5) is 11.2. The molecular weight excluding hydrogens is 311 g/mol. The van der Waals surface area contributed by atoms with Crippen LogP contribution in [0.3, 0.4) is 0 Å². The zero-order chi connectivity index (χ0) is 15.4. The number of benzene rings is 2. The molecule has 0 heterocycles. The number of primary amides is 1. The number of carbonyl (C=O) groups is 1. The van der Waals surface area contributed by atoms with Crippen molar-refractivity contribution < 1.29 is 9.53 Å². The van der Waals surface area contributed by atoms with E-state index >= 15 is 0 Å². The number of ether oxygens (including phenoxy) is 1. The van der Waals surface area contributed by atoms with Gasteiger partial charge in [-0.05, 0) is 42.0 Å². The summed E-state index contributed by atoms with van der Waals surface area (Å²) < 4.78 is 5.25. The molecule has 2 aromatic rings. The molecule has 0 saturated heterocycles. The lowest BCUT2D eigenvalue weighted by molar-refractivity contribution is 0.100. The van der Waals surface area contributed by atoms with Crippen molar-refractivity contribution in [3.63, 3.8) is 0 Å². The number of hydrogen-bond acceptors (Lipinski definition) is 3. The van der Waals surface area contributed by atoms with E-state index < -0.39 is 5.91 Å². The van der Waals surface area contributed by atoms with Crippen LogP contribution < -0.4 is 15.8 Å². The molecule has 0 spiro atoms. The van der Waals surface area contributed by atoms with Gasteiger partial charge in [0.15, 0.2) is 0 Å². The van der Waals surface area contributed by atoms with Crippen molar-refractivity contribution in [1.29, 1.82) is 0 Å². The predicted octanol–water partition coefficient (Wildman–Crippen LogP) is 3.71. The lowest BCUT2D eigenvalue weighted by Crippen LogP contribution is -2.11. The second kappa shape index (κ2) is 6.70. The number of halogens is 2. The average molecular weight is 325 g/mol. The zero-order valence-electron chi connectivity index (χ0n) is 11.3. The van der Waals surface area contributed by atoms with Crippen molar-refractivity contribution in [2.45, 2.75) is 6.54 Å². The monoisotopic (exact) mass is 324 g/mol. The van der Waals surface area contributed by atoms with Gasteiger partial charge in [-0.1, -0.05) is 23.2 Å². The van der Waals surface area contributed by atoms with Crippen molar-refractivity contribution in [2.75, 3.05) is 12.4 Å². The number of carbonyl (C=O) groups excluding carboxylic acids is 1. The predicted molar refractivity (Wildman–Crippen MR) is 85.3 cm³/mol. The number of methoxy groups -OCH3 is 1. The van der Waals surface area contributed by atoms with E-state index in [1.54, 1.807) is 31.4 Å². The molecule has 110 valence electrons. The second-order valence-electron chi connectivity index (χ2n) is 4.41.